The molecule has 3 unspecified atom stereocenters. The summed E-state index contributed by atoms with van der Waals surface area (Å²) in [5.41, 5.74) is 2.80. The first-order chi connectivity index (χ1) is 12.5. The molecule has 1 amide bonds. The largest absolute Gasteiger partial charge is 0.353 e. The highest BCUT2D eigenvalue weighted by molar-refractivity contribution is 5.81. The molecule has 3 rings (SSSR count). The fourth-order valence-corrected chi connectivity index (χ4v) is 3.72. The molecule has 5 nitrogen and oxygen atoms in total. The fourth-order valence-electron chi connectivity index (χ4n) is 3.72. The fraction of sp³-hybridized carbons (Fsp3) is 0.619. The third-order valence-electron chi connectivity index (χ3n) is 5.55. The Morgan fingerprint density at radius 3 is 2.62 bits per heavy atom. The number of hydrogen-bond donors (Lipinski definition) is 2. The highest BCUT2D eigenvalue weighted by Gasteiger charge is 2.39. The van der Waals surface area contributed by atoms with Gasteiger partial charge in [-0.3, -0.25) is 9.79 Å². The molecule has 2 aliphatic rings. The van der Waals surface area contributed by atoms with E-state index in [1.54, 1.807) is 0 Å². The molecule has 5 heteroatoms. The van der Waals surface area contributed by atoms with E-state index in [0.717, 1.165) is 31.9 Å². The van der Waals surface area contributed by atoms with Crippen LogP contribution in [0.3, 0.4) is 0 Å². The van der Waals surface area contributed by atoms with E-state index in [9.17, 15) is 4.79 Å². The van der Waals surface area contributed by atoms with Crippen molar-refractivity contribution >= 4 is 11.9 Å². The number of carbonyl (C=O) groups is 1. The molecule has 1 aliphatic heterocycles. The van der Waals surface area contributed by atoms with Gasteiger partial charge in [0.2, 0.25) is 5.91 Å². The summed E-state index contributed by atoms with van der Waals surface area (Å²) in [7, 11) is 1.81. The standard InChI is InChI=1S/C21H32N4O/c1-5-20(26)25-11-10-17(13-25)23-21(22-4)24-19-12-18(19)16-8-6-15(7-9-16)14(2)3/h6-9,14,17-19H,5,10-13H2,1-4H3,(H2,22,23,24). The van der Waals surface area contributed by atoms with Gasteiger partial charge in [-0.1, -0.05) is 45.0 Å². The third-order valence-corrected chi connectivity index (χ3v) is 5.55. The smallest absolute Gasteiger partial charge is 0.222 e. The van der Waals surface area contributed by atoms with Crippen molar-refractivity contribution in [3.8, 4) is 0 Å². The molecular weight excluding hydrogens is 324 g/mol. The van der Waals surface area contributed by atoms with Gasteiger partial charge in [-0.05, 0) is 29.9 Å². The van der Waals surface area contributed by atoms with Crippen molar-refractivity contribution in [2.45, 2.75) is 64.0 Å². The molecule has 3 atom stereocenters. The van der Waals surface area contributed by atoms with Gasteiger partial charge in [0.25, 0.3) is 0 Å². The Morgan fingerprint density at radius 2 is 2.00 bits per heavy atom. The molecule has 2 fully saturated rings. The van der Waals surface area contributed by atoms with E-state index in [1.165, 1.54) is 11.1 Å². The second-order valence-corrected chi connectivity index (χ2v) is 7.81. The molecule has 142 valence electrons. The minimum absolute atomic E-state index is 0.240. The van der Waals surface area contributed by atoms with E-state index >= 15 is 0 Å². The van der Waals surface area contributed by atoms with Crippen molar-refractivity contribution in [2.75, 3.05) is 20.1 Å². The van der Waals surface area contributed by atoms with Crippen molar-refractivity contribution in [1.82, 2.24) is 15.5 Å². The van der Waals surface area contributed by atoms with E-state index in [0.29, 0.717) is 30.3 Å². The number of guanidine groups is 1. The van der Waals surface area contributed by atoms with Crippen molar-refractivity contribution in [3.05, 3.63) is 35.4 Å². The van der Waals surface area contributed by atoms with E-state index in [4.69, 9.17) is 0 Å². The second-order valence-electron chi connectivity index (χ2n) is 7.81. The SMILES string of the molecule is CCC(=O)N1CCC(NC(=NC)NC2CC2c2ccc(C(C)C)cc2)C1. The minimum Gasteiger partial charge on any atom is -0.353 e. The first-order valence-corrected chi connectivity index (χ1v) is 9.89. The summed E-state index contributed by atoms with van der Waals surface area (Å²) in [5.74, 6) is 2.23. The quantitative estimate of drug-likeness (QED) is 0.630. The van der Waals surface area contributed by atoms with Crippen molar-refractivity contribution in [3.63, 3.8) is 0 Å². The Hall–Kier alpha value is -2.04. The first-order valence-electron chi connectivity index (χ1n) is 9.89. The van der Waals surface area contributed by atoms with Crippen LogP contribution >= 0.6 is 0 Å². The summed E-state index contributed by atoms with van der Waals surface area (Å²) < 4.78 is 0. The van der Waals surface area contributed by atoms with Gasteiger partial charge in [-0.2, -0.15) is 0 Å². The molecule has 1 aromatic carbocycles. The molecule has 0 radical (unpaired) electrons. The molecule has 1 aromatic rings. The summed E-state index contributed by atoms with van der Waals surface area (Å²) >= 11 is 0. The number of benzene rings is 1. The average Bonchev–Trinajstić information content (AvgIpc) is 3.26. The zero-order valence-electron chi connectivity index (χ0n) is 16.5. The van der Waals surface area contributed by atoms with E-state index in [2.05, 4.69) is 53.7 Å². The summed E-state index contributed by atoms with van der Waals surface area (Å²) in [6, 6.07) is 9.77. The van der Waals surface area contributed by atoms with Crippen molar-refractivity contribution in [2.24, 2.45) is 4.99 Å². The van der Waals surface area contributed by atoms with Crippen LogP contribution in [0, 0.1) is 0 Å². The van der Waals surface area contributed by atoms with Crippen LogP contribution in [0.5, 0.6) is 0 Å². The van der Waals surface area contributed by atoms with Crippen molar-refractivity contribution in [1.29, 1.82) is 0 Å². The van der Waals surface area contributed by atoms with Crippen LogP contribution in [-0.4, -0.2) is 49.0 Å². The maximum Gasteiger partial charge on any atom is 0.222 e. The molecule has 26 heavy (non-hydrogen) atoms. The number of rotatable bonds is 5. The predicted molar refractivity (Wildman–Crippen MR) is 107 cm³/mol. The van der Waals surface area contributed by atoms with Crippen LogP contribution in [0.15, 0.2) is 29.3 Å². The first kappa shape index (κ1) is 18.7. The molecule has 0 spiro atoms. The van der Waals surface area contributed by atoms with Crippen LogP contribution in [0.4, 0.5) is 0 Å². The number of likely N-dealkylation sites (tertiary alicyclic amines) is 1. The zero-order valence-corrected chi connectivity index (χ0v) is 16.5. The minimum atomic E-state index is 0.240. The number of aliphatic imine (C=N–C) groups is 1. The number of nitrogens with zero attached hydrogens (tertiary/aromatic N) is 2. The van der Waals surface area contributed by atoms with Gasteiger partial charge in [0, 0.05) is 44.6 Å². The highest BCUT2D eigenvalue weighted by Crippen LogP contribution is 2.41. The Balaban J connectivity index is 1.49. The number of hydrogen-bond acceptors (Lipinski definition) is 2. The highest BCUT2D eigenvalue weighted by atomic mass is 16.2. The van der Waals surface area contributed by atoms with Gasteiger partial charge < -0.3 is 15.5 Å². The maximum atomic E-state index is 11.8. The third kappa shape index (κ3) is 4.37. The van der Waals surface area contributed by atoms with Crippen LogP contribution in [-0.2, 0) is 4.79 Å². The molecule has 1 aliphatic carbocycles. The van der Waals surface area contributed by atoms with E-state index < -0.39 is 0 Å². The van der Waals surface area contributed by atoms with Crippen LogP contribution in [0.25, 0.3) is 0 Å². The second kappa shape index (κ2) is 8.11. The summed E-state index contributed by atoms with van der Waals surface area (Å²) in [5, 5.41) is 7.03. The van der Waals surface area contributed by atoms with E-state index in [-0.39, 0.29) is 5.91 Å². The van der Waals surface area contributed by atoms with Gasteiger partial charge in [0.05, 0.1) is 0 Å². The lowest BCUT2D eigenvalue weighted by atomic mass is 10.0. The molecule has 1 saturated carbocycles. The molecule has 0 bridgehead atoms. The molecule has 0 aromatic heterocycles. The Morgan fingerprint density at radius 1 is 1.27 bits per heavy atom. The van der Waals surface area contributed by atoms with Gasteiger partial charge >= 0.3 is 0 Å². The predicted octanol–water partition coefficient (Wildman–Crippen LogP) is 2.84. The zero-order chi connectivity index (χ0) is 18.7. The van der Waals surface area contributed by atoms with Crippen molar-refractivity contribution < 1.29 is 4.79 Å². The van der Waals surface area contributed by atoms with Gasteiger partial charge in [0.15, 0.2) is 5.96 Å². The van der Waals surface area contributed by atoms with E-state index in [1.807, 2.05) is 18.9 Å². The summed E-state index contributed by atoms with van der Waals surface area (Å²) in [4.78, 5) is 18.1. The molecule has 1 heterocycles. The normalized spacial score (nSPS) is 25.5. The average molecular weight is 357 g/mol. The molecule has 1 saturated heterocycles. The van der Waals surface area contributed by atoms with Crippen LogP contribution < -0.4 is 10.6 Å². The maximum absolute atomic E-state index is 11.8. The Bertz CT molecular complexity index is 652. The Kier molecular flexibility index (Phi) is 5.84. The van der Waals surface area contributed by atoms with Gasteiger partial charge in [-0.25, -0.2) is 0 Å². The molecule has 2 N–H and O–H groups in total. The van der Waals surface area contributed by atoms with Crippen LogP contribution in [0.1, 0.15) is 63.0 Å². The lowest BCUT2D eigenvalue weighted by Crippen LogP contribution is -2.46. The lowest BCUT2D eigenvalue weighted by molar-refractivity contribution is -0.129. The number of amides is 1. The number of nitrogens with one attached hydrogen (secondary N) is 2. The van der Waals surface area contributed by atoms with Gasteiger partial charge in [-0.15, -0.1) is 0 Å². The van der Waals surface area contributed by atoms with Gasteiger partial charge in [0.1, 0.15) is 0 Å². The number of carbonyl (C=O) groups excluding carboxylic acids is 1. The Labute approximate surface area is 157 Å². The monoisotopic (exact) mass is 356 g/mol. The summed E-state index contributed by atoms with van der Waals surface area (Å²) in [6.07, 6.45) is 2.71. The molecular formula is C21H32N4O. The summed E-state index contributed by atoms with van der Waals surface area (Å²) in [6.45, 7) is 7.99. The van der Waals surface area contributed by atoms with Crippen LogP contribution in [0.2, 0.25) is 0 Å². The topological polar surface area (TPSA) is 56.7 Å². The lowest BCUT2D eigenvalue weighted by Gasteiger charge is -2.19.